The van der Waals surface area contributed by atoms with Gasteiger partial charge in [0.1, 0.15) is 5.75 Å². The molecule has 0 bridgehead atoms. The van der Waals surface area contributed by atoms with E-state index in [1.165, 1.54) is 17.0 Å². The summed E-state index contributed by atoms with van der Waals surface area (Å²) >= 11 is 0. The second-order valence-corrected chi connectivity index (χ2v) is 8.68. The Balaban J connectivity index is 1.74. The number of hydrogen-bond donors (Lipinski definition) is 1. The van der Waals surface area contributed by atoms with Gasteiger partial charge in [-0.1, -0.05) is 12.1 Å². The molecule has 2 aromatic carbocycles. The minimum atomic E-state index is -4.65. The zero-order valence-corrected chi connectivity index (χ0v) is 16.3. The predicted molar refractivity (Wildman–Crippen MR) is 99.0 cm³/mol. The molecule has 0 aliphatic carbocycles. The van der Waals surface area contributed by atoms with E-state index < -0.39 is 32.6 Å². The van der Waals surface area contributed by atoms with E-state index in [1.54, 1.807) is 13.0 Å². The van der Waals surface area contributed by atoms with Crippen molar-refractivity contribution in [2.75, 3.05) is 26.2 Å². The van der Waals surface area contributed by atoms with Crippen LogP contribution in [0.2, 0.25) is 0 Å². The third-order valence-electron chi connectivity index (χ3n) is 4.71. The average molecular weight is 428 g/mol. The average Bonchev–Trinajstić information content (AvgIpc) is 2.67. The normalized spacial score (nSPS) is 16.1. The highest BCUT2D eigenvalue weighted by Crippen LogP contribution is 2.31. The molecule has 1 aliphatic heterocycles. The molecule has 0 unspecified atom stereocenters. The van der Waals surface area contributed by atoms with E-state index in [0.29, 0.717) is 6.07 Å². The first-order valence-electron chi connectivity index (χ1n) is 8.76. The number of carbonyl (C=O) groups excluding carboxylic acids is 1. The first kappa shape index (κ1) is 21.1. The molecule has 1 saturated heterocycles. The van der Waals surface area contributed by atoms with Gasteiger partial charge < -0.3 is 10.0 Å². The summed E-state index contributed by atoms with van der Waals surface area (Å²) in [6.07, 6.45) is -4.65. The molecule has 6 nitrogen and oxygen atoms in total. The fraction of sp³-hybridized carbons (Fsp3) is 0.316. The Morgan fingerprint density at radius 2 is 1.69 bits per heavy atom. The number of sulfonamides is 1. The van der Waals surface area contributed by atoms with Crippen molar-refractivity contribution in [3.63, 3.8) is 0 Å². The summed E-state index contributed by atoms with van der Waals surface area (Å²) < 4.78 is 65.1. The van der Waals surface area contributed by atoms with Crippen molar-refractivity contribution >= 4 is 15.9 Å². The van der Waals surface area contributed by atoms with Crippen LogP contribution in [0.3, 0.4) is 0 Å². The lowest BCUT2D eigenvalue weighted by atomic mass is 10.1. The molecule has 1 N–H and O–H groups in total. The Morgan fingerprint density at radius 3 is 2.28 bits per heavy atom. The van der Waals surface area contributed by atoms with E-state index in [2.05, 4.69) is 0 Å². The number of phenolic OH excluding ortho intramolecular Hbond substituents is 1. The number of amides is 1. The second-order valence-electron chi connectivity index (χ2n) is 6.74. The number of hydrogen-bond acceptors (Lipinski definition) is 4. The van der Waals surface area contributed by atoms with Crippen LogP contribution in [0, 0.1) is 6.92 Å². The number of rotatable bonds is 3. The van der Waals surface area contributed by atoms with E-state index in [-0.39, 0.29) is 37.5 Å². The van der Waals surface area contributed by atoms with Gasteiger partial charge in [-0.3, -0.25) is 4.79 Å². The highest BCUT2D eigenvalue weighted by Gasteiger charge is 2.34. The molecule has 29 heavy (non-hydrogen) atoms. The number of aryl methyl sites for hydroxylation is 1. The molecule has 1 heterocycles. The van der Waals surface area contributed by atoms with Crippen molar-refractivity contribution in [2.45, 2.75) is 18.0 Å². The van der Waals surface area contributed by atoms with Crippen LogP contribution in [0.4, 0.5) is 13.2 Å². The number of benzene rings is 2. The Morgan fingerprint density at radius 1 is 1.03 bits per heavy atom. The zero-order valence-electron chi connectivity index (χ0n) is 15.5. The monoisotopic (exact) mass is 428 g/mol. The standard InChI is InChI=1S/C19H19F3N2O4S/c1-13-5-6-16(17(25)11-13)18(26)23-7-9-24(10-8-23)29(27,28)15-4-2-3-14(12-15)19(20,21)22/h2-6,11-12,25H,7-10H2,1H3. The maximum atomic E-state index is 12.9. The van der Waals surface area contributed by atoms with E-state index in [4.69, 9.17) is 0 Å². The largest absolute Gasteiger partial charge is 0.507 e. The summed E-state index contributed by atoms with van der Waals surface area (Å²) in [5.41, 5.74) is -0.136. The Hall–Kier alpha value is -2.59. The smallest absolute Gasteiger partial charge is 0.416 e. The zero-order chi connectivity index (χ0) is 21.4. The predicted octanol–water partition coefficient (Wildman–Crippen LogP) is 2.87. The molecular formula is C19H19F3N2O4S. The van der Waals surface area contributed by atoms with Gasteiger partial charge in [-0.25, -0.2) is 8.42 Å². The number of halogens is 3. The van der Waals surface area contributed by atoms with Gasteiger partial charge in [-0.15, -0.1) is 0 Å². The topological polar surface area (TPSA) is 77.9 Å². The maximum Gasteiger partial charge on any atom is 0.416 e. The van der Waals surface area contributed by atoms with Crippen LogP contribution < -0.4 is 0 Å². The molecule has 1 aliphatic rings. The van der Waals surface area contributed by atoms with E-state index in [0.717, 1.165) is 28.1 Å². The molecule has 2 aromatic rings. The highest BCUT2D eigenvalue weighted by atomic mass is 32.2. The number of carbonyl (C=O) groups is 1. The van der Waals surface area contributed by atoms with Gasteiger partial charge >= 0.3 is 6.18 Å². The Kier molecular flexibility index (Phi) is 5.59. The van der Waals surface area contributed by atoms with Crippen molar-refractivity contribution in [1.82, 2.24) is 9.21 Å². The Bertz CT molecular complexity index is 1030. The lowest BCUT2D eigenvalue weighted by Gasteiger charge is -2.34. The second kappa shape index (κ2) is 7.68. The summed E-state index contributed by atoms with van der Waals surface area (Å²) in [5, 5.41) is 9.97. The number of aromatic hydroxyl groups is 1. The van der Waals surface area contributed by atoms with Crippen molar-refractivity contribution in [2.24, 2.45) is 0 Å². The molecule has 0 atom stereocenters. The first-order chi connectivity index (χ1) is 13.5. The SMILES string of the molecule is Cc1ccc(C(=O)N2CCN(S(=O)(=O)c3cccc(C(F)(F)F)c3)CC2)c(O)c1. The van der Waals surface area contributed by atoms with Crippen LogP contribution in [-0.4, -0.2) is 54.8 Å². The van der Waals surface area contributed by atoms with Crippen molar-refractivity contribution in [1.29, 1.82) is 0 Å². The fourth-order valence-corrected chi connectivity index (χ4v) is 4.57. The summed E-state index contributed by atoms with van der Waals surface area (Å²) in [7, 11) is -4.13. The van der Waals surface area contributed by atoms with E-state index >= 15 is 0 Å². The molecule has 0 aromatic heterocycles. The lowest BCUT2D eigenvalue weighted by Crippen LogP contribution is -2.50. The third-order valence-corrected chi connectivity index (χ3v) is 6.60. The number of phenols is 1. The minimum absolute atomic E-state index is 0.0586. The minimum Gasteiger partial charge on any atom is -0.507 e. The number of alkyl halides is 3. The van der Waals surface area contributed by atoms with E-state index in [1.807, 2.05) is 0 Å². The van der Waals surface area contributed by atoms with Gasteiger partial charge in [0, 0.05) is 26.2 Å². The van der Waals surface area contributed by atoms with Crippen LogP contribution >= 0.6 is 0 Å². The van der Waals surface area contributed by atoms with Crippen molar-refractivity contribution < 1.29 is 31.5 Å². The van der Waals surface area contributed by atoms with E-state index in [9.17, 15) is 31.5 Å². The van der Waals surface area contributed by atoms with Gasteiger partial charge in [0.15, 0.2) is 0 Å². The number of piperazine rings is 1. The molecule has 1 amide bonds. The van der Waals surface area contributed by atoms with Crippen LogP contribution in [0.25, 0.3) is 0 Å². The lowest BCUT2D eigenvalue weighted by molar-refractivity contribution is -0.137. The van der Waals surface area contributed by atoms with Gasteiger partial charge in [0.25, 0.3) is 5.91 Å². The first-order valence-corrected chi connectivity index (χ1v) is 10.2. The van der Waals surface area contributed by atoms with Crippen LogP contribution in [0.1, 0.15) is 21.5 Å². The fourth-order valence-electron chi connectivity index (χ4n) is 3.11. The summed E-state index contributed by atoms with van der Waals surface area (Å²) in [6, 6.07) is 8.23. The van der Waals surface area contributed by atoms with Gasteiger partial charge in [-0.2, -0.15) is 17.5 Å². The van der Waals surface area contributed by atoms with Gasteiger partial charge in [-0.05, 0) is 42.8 Å². The van der Waals surface area contributed by atoms with Crippen LogP contribution in [-0.2, 0) is 16.2 Å². The molecule has 10 heteroatoms. The summed E-state index contributed by atoms with van der Waals surface area (Å²) in [5.74, 6) is -0.590. The molecular weight excluding hydrogens is 409 g/mol. The summed E-state index contributed by atoms with van der Waals surface area (Å²) in [6.45, 7) is 1.77. The van der Waals surface area contributed by atoms with Crippen LogP contribution in [0.15, 0.2) is 47.4 Å². The molecule has 1 fully saturated rings. The molecule has 0 saturated carbocycles. The van der Waals surface area contributed by atoms with Gasteiger partial charge in [0.2, 0.25) is 10.0 Å². The Labute approximate surface area is 166 Å². The molecule has 0 radical (unpaired) electrons. The highest BCUT2D eigenvalue weighted by molar-refractivity contribution is 7.89. The quantitative estimate of drug-likeness (QED) is 0.816. The molecule has 0 spiro atoms. The molecule has 156 valence electrons. The summed E-state index contributed by atoms with van der Waals surface area (Å²) in [4.78, 5) is 13.6. The van der Waals surface area contributed by atoms with Crippen LogP contribution in [0.5, 0.6) is 5.75 Å². The van der Waals surface area contributed by atoms with Gasteiger partial charge in [0.05, 0.1) is 16.0 Å². The maximum absolute atomic E-state index is 12.9. The third kappa shape index (κ3) is 4.38. The van der Waals surface area contributed by atoms with Crippen molar-refractivity contribution in [3.8, 4) is 5.75 Å². The number of nitrogens with zero attached hydrogens (tertiary/aromatic N) is 2. The molecule has 3 rings (SSSR count). The van der Waals surface area contributed by atoms with Crippen molar-refractivity contribution in [3.05, 3.63) is 59.2 Å².